The number of ketones is 1. The highest BCUT2D eigenvalue weighted by Gasteiger charge is 2.15. The van der Waals surface area contributed by atoms with Crippen molar-refractivity contribution in [3.63, 3.8) is 0 Å². The number of benzene rings is 4. The van der Waals surface area contributed by atoms with Gasteiger partial charge in [0.05, 0.1) is 22.3 Å². The van der Waals surface area contributed by atoms with Gasteiger partial charge in [-0.1, -0.05) is 78.5 Å². The highest BCUT2D eigenvalue weighted by molar-refractivity contribution is 7.99. The number of para-hydroxylation sites is 2. The van der Waals surface area contributed by atoms with E-state index in [4.69, 9.17) is 4.98 Å². The van der Waals surface area contributed by atoms with E-state index in [-0.39, 0.29) is 17.1 Å². The average Bonchev–Trinajstić information content (AvgIpc) is 2.83. The Morgan fingerprint density at radius 3 is 2.35 bits per heavy atom. The Hall–Kier alpha value is -3.70. The third kappa shape index (κ3) is 3.76. The fraction of sp³-hybridized carbons (Fsp3) is 0.0385. The lowest BCUT2D eigenvalue weighted by atomic mass is 10.1. The Kier molecular flexibility index (Phi) is 5.10. The second kappa shape index (κ2) is 8.20. The Bertz CT molecular complexity index is 1480. The van der Waals surface area contributed by atoms with Crippen LogP contribution in [0.4, 0.5) is 0 Å². The van der Waals surface area contributed by atoms with Crippen molar-refractivity contribution in [3.8, 4) is 5.69 Å². The first-order valence-corrected chi connectivity index (χ1v) is 10.9. The fourth-order valence-electron chi connectivity index (χ4n) is 3.59. The first-order valence-electron chi connectivity index (χ1n) is 9.93. The van der Waals surface area contributed by atoms with E-state index in [1.54, 1.807) is 10.6 Å². The number of aromatic nitrogens is 2. The quantitative estimate of drug-likeness (QED) is 0.213. The molecule has 5 heteroatoms. The highest BCUT2D eigenvalue weighted by atomic mass is 32.2. The van der Waals surface area contributed by atoms with Crippen LogP contribution >= 0.6 is 11.8 Å². The second-order valence-electron chi connectivity index (χ2n) is 7.16. The molecule has 1 heterocycles. The number of hydrogen-bond donors (Lipinski definition) is 0. The maximum absolute atomic E-state index is 13.2. The second-order valence-corrected chi connectivity index (χ2v) is 8.10. The number of carbonyl (C=O) groups excluding carboxylic acids is 1. The molecule has 4 aromatic carbocycles. The van der Waals surface area contributed by atoms with Crippen molar-refractivity contribution in [2.24, 2.45) is 0 Å². The molecular formula is C26H18N2O2S. The molecule has 0 bridgehead atoms. The van der Waals surface area contributed by atoms with E-state index in [2.05, 4.69) is 0 Å². The predicted molar refractivity (Wildman–Crippen MR) is 126 cm³/mol. The maximum Gasteiger partial charge on any atom is 0.266 e. The van der Waals surface area contributed by atoms with Crippen molar-refractivity contribution >= 4 is 39.2 Å². The number of carbonyl (C=O) groups is 1. The maximum atomic E-state index is 13.2. The summed E-state index contributed by atoms with van der Waals surface area (Å²) < 4.78 is 1.58. The molecule has 0 saturated heterocycles. The van der Waals surface area contributed by atoms with E-state index in [1.807, 2.05) is 91.0 Å². The zero-order valence-electron chi connectivity index (χ0n) is 16.6. The SMILES string of the molecule is O=C(CSc1nc2ccccc2c(=O)n1-c1ccccc1)c1ccc2ccccc2c1. The predicted octanol–water partition coefficient (Wildman–Crippen LogP) is 5.51. The van der Waals surface area contributed by atoms with Crippen molar-refractivity contribution < 1.29 is 4.79 Å². The summed E-state index contributed by atoms with van der Waals surface area (Å²) in [6.45, 7) is 0. The smallest absolute Gasteiger partial charge is 0.266 e. The van der Waals surface area contributed by atoms with Crippen LogP contribution < -0.4 is 5.56 Å². The van der Waals surface area contributed by atoms with Crippen LogP contribution in [0.15, 0.2) is 107 Å². The number of Topliss-reactive ketones (excluding diaryl/α,β-unsaturated/α-hetero) is 1. The molecule has 5 aromatic rings. The van der Waals surface area contributed by atoms with Crippen LogP contribution in [0.5, 0.6) is 0 Å². The molecule has 0 atom stereocenters. The molecule has 0 radical (unpaired) electrons. The first kappa shape index (κ1) is 19.3. The zero-order chi connectivity index (χ0) is 21.2. The normalized spacial score (nSPS) is 11.1. The lowest BCUT2D eigenvalue weighted by Gasteiger charge is -2.13. The summed E-state index contributed by atoms with van der Waals surface area (Å²) in [5.41, 5.74) is 1.87. The van der Waals surface area contributed by atoms with Crippen LogP contribution in [-0.4, -0.2) is 21.1 Å². The van der Waals surface area contributed by atoms with Gasteiger partial charge in [0.25, 0.3) is 5.56 Å². The van der Waals surface area contributed by atoms with Crippen LogP contribution in [0.1, 0.15) is 10.4 Å². The van der Waals surface area contributed by atoms with E-state index in [9.17, 15) is 9.59 Å². The number of rotatable bonds is 5. The lowest BCUT2D eigenvalue weighted by Crippen LogP contribution is -2.22. The van der Waals surface area contributed by atoms with Gasteiger partial charge in [-0.05, 0) is 41.1 Å². The van der Waals surface area contributed by atoms with E-state index >= 15 is 0 Å². The van der Waals surface area contributed by atoms with Gasteiger partial charge in [-0.3, -0.25) is 14.2 Å². The largest absolute Gasteiger partial charge is 0.293 e. The molecule has 0 aliphatic heterocycles. The summed E-state index contributed by atoms with van der Waals surface area (Å²) in [5, 5.41) is 3.18. The van der Waals surface area contributed by atoms with Crippen LogP contribution in [0.2, 0.25) is 0 Å². The molecule has 0 aliphatic carbocycles. The Balaban J connectivity index is 1.52. The summed E-state index contributed by atoms with van der Waals surface area (Å²) in [7, 11) is 0. The van der Waals surface area contributed by atoms with E-state index < -0.39 is 0 Å². The van der Waals surface area contributed by atoms with Crippen LogP contribution in [0.25, 0.3) is 27.4 Å². The van der Waals surface area contributed by atoms with Crippen LogP contribution in [0.3, 0.4) is 0 Å². The van der Waals surface area contributed by atoms with Gasteiger partial charge in [0.1, 0.15) is 0 Å². The number of fused-ring (bicyclic) bond motifs is 2. The Morgan fingerprint density at radius 1 is 0.806 bits per heavy atom. The third-order valence-electron chi connectivity index (χ3n) is 5.16. The van der Waals surface area contributed by atoms with E-state index in [0.29, 0.717) is 21.6 Å². The summed E-state index contributed by atoms with van der Waals surface area (Å²) >= 11 is 1.28. The summed E-state index contributed by atoms with van der Waals surface area (Å²) in [5.74, 6) is 0.188. The van der Waals surface area contributed by atoms with Crippen molar-refractivity contribution in [2.75, 3.05) is 5.75 Å². The number of thioether (sulfide) groups is 1. The molecule has 0 saturated carbocycles. The topological polar surface area (TPSA) is 52.0 Å². The number of hydrogen-bond acceptors (Lipinski definition) is 4. The molecular weight excluding hydrogens is 404 g/mol. The van der Waals surface area contributed by atoms with Crippen molar-refractivity contribution in [2.45, 2.75) is 5.16 Å². The molecule has 1 aromatic heterocycles. The average molecular weight is 423 g/mol. The molecule has 150 valence electrons. The highest BCUT2D eigenvalue weighted by Crippen LogP contribution is 2.23. The van der Waals surface area contributed by atoms with Crippen LogP contribution in [0, 0.1) is 0 Å². The monoisotopic (exact) mass is 422 g/mol. The minimum atomic E-state index is -0.141. The van der Waals surface area contributed by atoms with Crippen LogP contribution in [-0.2, 0) is 0 Å². The molecule has 0 spiro atoms. The molecule has 0 N–H and O–H groups in total. The molecule has 0 aliphatic rings. The van der Waals surface area contributed by atoms with E-state index in [0.717, 1.165) is 16.5 Å². The van der Waals surface area contributed by atoms with E-state index in [1.165, 1.54) is 11.8 Å². The Morgan fingerprint density at radius 2 is 1.52 bits per heavy atom. The van der Waals surface area contributed by atoms with Gasteiger partial charge in [-0.25, -0.2) is 4.98 Å². The fourth-order valence-corrected chi connectivity index (χ4v) is 4.50. The van der Waals surface area contributed by atoms with Gasteiger partial charge in [-0.2, -0.15) is 0 Å². The standard InChI is InChI=1S/C26H18N2O2S/c29-24(20-15-14-18-8-4-5-9-19(18)16-20)17-31-26-27-23-13-7-6-12-22(23)25(30)28(26)21-10-2-1-3-11-21/h1-16H,17H2. The first-order chi connectivity index (χ1) is 15.2. The molecule has 0 amide bonds. The third-order valence-corrected chi connectivity index (χ3v) is 6.10. The molecule has 5 rings (SSSR count). The summed E-state index contributed by atoms with van der Waals surface area (Å²) in [6.07, 6.45) is 0. The molecule has 4 nitrogen and oxygen atoms in total. The number of nitrogens with zero attached hydrogens (tertiary/aromatic N) is 2. The van der Waals surface area contributed by atoms with Gasteiger partial charge >= 0.3 is 0 Å². The molecule has 0 unspecified atom stereocenters. The van der Waals surface area contributed by atoms with Gasteiger partial charge in [0.15, 0.2) is 10.9 Å². The minimum Gasteiger partial charge on any atom is -0.293 e. The lowest BCUT2D eigenvalue weighted by molar-refractivity contribution is 0.102. The van der Waals surface area contributed by atoms with Crippen molar-refractivity contribution in [3.05, 3.63) is 113 Å². The van der Waals surface area contributed by atoms with Crippen molar-refractivity contribution in [1.29, 1.82) is 0 Å². The van der Waals surface area contributed by atoms with Crippen molar-refractivity contribution in [1.82, 2.24) is 9.55 Å². The molecule has 31 heavy (non-hydrogen) atoms. The van der Waals surface area contributed by atoms with Gasteiger partial charge in [0.2, 0.25) is 0 Å². The minimum absolute atomic E-state index is 0.00206. The summed E-state index contributed by atoms with van der Waals surface area (Å²) in [4.78, 5) is 30.9. The molecule has 0 fully saturated rings. The van der Waals surface area contributed by atoms with Gasteiger partial charge < -0.3 is 0 Å². The van der Waals surface area contributed by atoms with Gasteiger partial charge in [-0.15, -0.1) is 0 Å². The zero-order valence-corrected chi connectivity index (χ0v) is 17.4. The van der Waals surface area contributed by atoms with Gasteiger partial charge in [0, 0.05) is 5.56 Å². The Labute approximate surface area is 183 Å². The summed E-state index contributed by atoms with van der Waals surface area (Å²) in [6, 6.07) is 30.4.